The first-order chi connectivity index (χ1) is 15.0. The number of amides is 1. The first kappa shape index (κ1) is 25.5. The molecule has 0 saturated heterocycles. The fourth-order valence-electron chi connectivity index (χ4n) is 3.45. The number of carbonyl (C=O) groups is 1. The highest BCUT2D eigenvalue weighted by molar-refractivity contribution is 7.92. The molecule has 1 atom stereocenters. The summed E-state index contributed by atoms with van der Waals surface area (Å²) in [4.78, 5) is 12.9. The summed E-state index contributed by atoms with van der Waals surface area (Å²) in [6, 6.07) is 13.5. The minimum absolute atomic E-state index is 0.0680. The highest BCUT2D eigenvalue weighted by atomic mass is 32.2. The number of para-hydroxylation sites is 1. The largest absolute Gasteiger partial charge is 0.497 e. The fraction of sp³-hybridized carbons (Fsp3) is 0.458. The van der Waals surface area contributed by atoms with Gasteiger partial charge >= 0.3 is 0 Å². The summed E-state index contributed by atoms with van der Waals surface area (Å²) in [6.45, 7) is 8.65. The van der Waals surface area contributed by atoms with Gasteiger partial charge in [-0.25, -0.2) is 8.42 Å². The second kappa shape index (κ2) is 10.7. The molecule has 0 aliphatic carbocycles. The minimum atomic E-state index is -3.69. The summed E-state index contributed by atoms with van der Waals surface area (Å²) in [5, 5.41) is 2.81. The summed E-state index contributed by atoms with van der Waals surface area (Å²) in [6.07, 6.45) is 1.42. The Morgan fingerprint density at radius 2 is 1.72 bits per heavy atom. The van der Waals surface area contributed by atoms with Crippen molar-refractivity contribution in [2.24, 2.45) is 0 Å². The van der Waals surface area contributed by atoms with Crippen molar-refractivity contribution in [2.45, 2.75) is 45.6 Å². The number of rotatable bonds is 10. The molecular formula is C24H34N2O5S. The number of hydrogen-bond donors (Lipinski definition) is 1. The quantitative estimate of drug-likeness (QED) is 0.544. The standard InChI is InChI=1S/C24H34N2O5S/c1-7-21(26(32(6,28)29)18-12-14-19(30-5)15-13-18)23(27)25-16-17-31-22-11-9-8-10-20(22)24(2,3)4/h8-15,21H,7,16-17H2,1-6H3,(H,25,27). The zero-order valence-corrected chi connectivity index (χ0v) is 20.5. The number of nitrogens with zero attached hydrogens (tertiary/aromatic N) is 1. The summed E-state index contributed by atoms with van der Waals surface area (Å²) in [5.74, 6) is 1.01. The van der Waals surface area contributed by atoms with Crippen molar-refractivity contribution in [1.29, 1.82) is 0 Å². The lowest BCUT2D eigenvalue weighted by Crippen LogP contribution is -2.50. The lowest BCUT2D eigenvalue weighted by Gasteiger charge is -2.30. The first-order valence-corrected chi connectivity index (χ1v) is 12.5. The van der Waals surface area contributed by atoms with E-state index < -0.39 is 16.1 Å². The summed E-state index contributed by atoms with van der Waals surface area (Å²) in [7, 11) is -2.15. The zero-order chi connectivity index (χ0) is 23.9. The van der Waals surface area contributed by atoms with Crippen LogP contribution in [0.2, 0.25) is 0 Å². The van der Waals surface area contributed by atoms with E-state index in [1.807, 2.05) is 24.3 Å². The number of sulfonamides is 1. The third kappa shape index (κ3) is 6.63. The maximum Gasteiger partial charge on any atom is 0.244 e. The Kier molecular flexibility index (Phi) is 8.55. The van der Waals surface area contributed by atoms with E-state index in [1.54, 1.807) is 31.2 Å². The van der Waals surface area contributed by atoms with E-state index in [9.17, 15) is 13.2 Å². The molecule has 32 heavy (non-hydrogen) atoms. The topological polar surface area (TPSA) is 84.9 Å². The Balaban J connectivity index is 2.08. The van der Waals surface area contributed by atoms with Crippen LogP contribution < -0.4 is 19.1 Å². The van der Waals surface area contributed by atoms with Crippen molar-refractivity contribution >= 4 is 21.6 Å². The van der Waals surface area contributed by atoms with E-state index in [0.717, 1.165) is 21.9 Å². The molecule has 0 heterocycles. The molecule has 0 aromatic heterocycles. The molecule has 0 aliphatic rings. The number of hydrogen-bond acceptors (Lipinski definition) is 5. The average Bonchev–Trinajstić information content (AvgIpc) is 2.73. The van der Waals surface area contributed by atoms with Gasteiger partial charge in [-0.1, -0.05) is 45.9 Å². The van der Waals surface area contributed by atoms with Crippen LogP contribution >= 0.6 is 0 Å². The molecule has 2 aromatic carbocycles. The summed E-state index contributed by atoms with van der Waals surface area (Å²) >= 11 is 0. The molecule has 0 radical (unpaired) electrons. The molecule has 0 fully saturated rings. The van der Waals surface area contributed by atoms with Crippen molar-refractivity contribution in [3.05, 3.63) is 54.1 Å². The van der Waals surface area contributed by atoms with Gasteiger partial charge in [-0.05, 0) is 47.7 Å². The molecule has 1 N–H and O–H groups in total. The van der Waals surface area contributed by atoms with Crippen LogP contribution in [-0.4, -0.2) is 46.9 Å². The molecule has 0 bridgehead atoms. The predicted octanol–water partition coefficient (Wildman–Crippen LogP) is 3.73. The molecule has 176 valence electrons. The molecule has 8 heteroatoms. The molecular weight excluding hydrogens is 428 g/mol. The van der Waals surface area contributed by atoms with Crippen molar-refractivity contribution < 1.29 is 22.7 Å². The number of anilines is 1. The molecule has 1 unspecified atom stereocenters. The molecule has 2 rings (SSSR count). The monoisotopic (exact) mass is 462 g/mol. The molecule has 0 spiro atoms. The molecule has 2 aromatic rings. The Hall–Kier alpha value is -2.74. The van der Waals surface area contributed by atoms with Gasteiger partial charge in [0.15, 0.2) is 0 Å². The Morgan fingerprint density at radius 3 is 2.25 bits per heavy atom. The smallest absolute Gasteiger partial charge is 0.244 e. The van der Waals surface area contributed by atoms with Gasteiger partial charge < -0.3 is 14.8 Å². The average molecular weight is 463 g/mol. The van der Waals surface area contributed by atoms with Gasteiger partial charge in [0.1, 0.15) is 24.1 Å². The Morgan fingerprint density at radius 1 is 1.09 bits per heavy atom. The van der Waals surface area contributed by atoms with E-state index in [4.69, 9.17) is 9.47 Å². The van der Waals surface area contributed by atoms with E-state index >= 15 is 0 Å². The van der Waals surface area contributed by atoms with Gasteiger partial charge in [0.05, 0.1) is 25.6 Å². The fourth-order valence-corrected chi connectivity index (χ4v) is 4.67. The summed E-state index contributed by atoms with van der Waals surface area (Å²) in [5.41, 5.74) is 1.42. The molecule has 0 aliphatic heterocycles. The third-order valence-electron chi connectivity index (χ3n) is 5.01. The maximum atomic E-state index is 12.9. The van der Waals surface area contributed by atoms with E-state index in [0.29, 0.717) is 17.9 Å². The van der Waals surface area contributed by atoms with E-state index in [-0.39, 0.29) is 24.5 Å². The van der Waals surface area contributed by atoms with Gasteiger partial charge in [-0.3, -0.25) is 9.10 Å². The van der Waals surface area contributed by atoms with Crippen LogP contribution in [0.1, 0.15) is 39.7 Å². The van der Waals surface area contributed by atoms with E-state index in [2.05, 4.69) is 26.1 Å². The lowest BCUT2D eigenvalue weighted by molar-refractivity contribution is -0.122. The van der Waals surface area contributed by atoms with Crippen LogP contribution in [-0.2, 0) is 20.2 Å². The van der Waals surface area contributed by atoms with Crippen molar-refractivity contribution in [3.63, 3.8) is 0 Å². The van der Waals surface area contributed by atoms with Crippen LogP contribution in [0.15, 0.2) is 48.5 Å². The summed E-state index contributed by atoms with van der Waals surface area (Å²) < 4.78 is 37.2. The van der Waals surface area contributed by atoms with Gasteiger partial charge in [0, 0.05) is 0 Å². The van der Waals surface area contributed by atoms with Crippen molar-refractivity contribution in [1.82, 2.24) is 5.32 Å². The van der Waals surface area contributed by atoms with Crippen LogP contribution in [0.4, 0.5) is 5.69 Å². The Bertz CT molecular complexity index is 998. The van der Waals surface area contributed by atoms with Gasteiger partial charge in [0.2, 0.25) is 15.9 Å². The van der Waals surface area contributed by atoms with Crippen molar-refractivity contribution in [2.75, 3.05) is 30.8 Å². The number of methoxy groups -OCH3 is 1. The molecule has 7 nitrogen and oxygen atoms in total. The van der Waals surface area contributed by atoms with Crippen LogP contribution in [0.3, 0.4) is 0 Å². The van der Waals surface area contributed by atoms with Gasteiger partial charge in [0.25, 0.3) is 0 Å². The predicted molar refractivity (Wildman–Crippen MR) is 128 cm³/mol. The zero-order valence-electron chi connectivity index (χ0n) is 19.7. The van der Waals surface area contributed by atoms with Crippen molar-refractivity contribution in [3.8, 4) is 11.5 Å². The highest BCUT2D eigenvalue weighted by Crippen LogP contribution is 2.31. The van der Waals surface area contributed by atoms with Crippen LogP contribution in [0.25, 0.3) is 0 Å². The normalized spacial score (nSPS) is 12.7. The number of carbonyl (C=O) groups excluding carboxylic acids is 1. The van der Waals surface area contributed by atoms with E-state index in [1.165, 1.54) is 7.11 Å². The minimum Gasteiger partial charge on any atom is -0.497 e. The maximum absolute atomic E-state index is 12.9. The molecule has 1 amide bonds. The second-order valence-electron chi connectivity index (χ2n) is 8.57. The van der Waals surface area contributed by atoms with Gasteiger partial charge in [-0.2, -0.15) is 0 Å². The first-order valence-electron chi connectivity index (χ1n) is 10.6. The third-order valence-corrected chi connectivity index (χ3v) is 6.19. The van der Waals surface area contributed by atoms with Crippen LogP contribution in [0, 0.1) is 0 Å². The lowest BCUT2D eigenvalue weighted by atomic mass is 9.86. The highest BCUT2D eigenvalue weighted by Gasteiger charge is 2.31. The SMILES string of the molecule is CCC(C(=O)NCCOc1ccccc1C(C)(C)C)N(c1ccc(OC)cc1)S(C)(=O)=O. The van der Waals surface area contributed by atoms with Crippen LogP contribution in [0.5, 0.6) is 11.5 Å². The Labute approximate surface area is 191 Å². The number of nitrogens with one attached hydrogen (secondary N) is 1. The second-order valence-corrected chi connectivity index (χ2v) is 10.4. The number of ether oxygens (including phenoxy) is 2. The molecule has 0 saturated carbocycles. The van der Waals surface area contributed by atoms with Gasteiger partial charge in [-0.15, -0.1) is 0 Å². The number of benzene rings is 2.